The van der Waals surface area contributed by atoms with Gasteiger partial charge in [-0.1, -0.05) is 6.92 Å². The summed E-state index contributed by atoms with van der Waals surface area (Å²) in [6.07, 6.45) is 1.08. The Morgan fingerprint density at radius 2 is 2.45 bits per heavy atom. The Morgan fingerprint density at radius 1 is 1.64 bits per heavy atom. The molecule has 1 rings (SSSR count). The van der Waals surface area contributed by atoms with Crippen LogP contribution in [0.4, 0.5) is 0 Å². The average molecular weight is 156 g/mol. The van der Waals surface area contributed by atoms with Crippen molar-refractivity contribution in [2.75, 3.05) is 6.54 Å². The van der Waals surface area contributed by atoms with Crippen molar-refractivity contribution in [3.8, 4) is 0 Å². The molecule has 0 unspecified atom stereocenters. The fourth-order valence-electron chi connectivity index (χ4n) is 0.772. The molecule has 1 heterocycles. The second-order valence-corrected chi connectivity index (χ2v) is 2.30. The summed E-state index contributed by atoms with van der Waals surface area (Å²) in [5, 5.41) is 9.14. The van der Waals surface area contributed by atoms with Crippen molar-refractivity contribution in [1.82, 2.24) is 20.5 Å². The summed E-state index contributed by atoms with van der Waals surface area (Å²) in [5.74, 6) is 0.656. The van der Waals surface area contributed by atoms with E-state index in [2.05, 4.69) is 27.4 Å². The average Bonchev–Trinajstić information content (AvgIpc) is 2.37. The highest BCUT2D eigenvalue weighted by Crippen LogP contribution is 1.80. The molecular weight excluding hydrogens is 144 g/mol. The smallest absolute Gasteiger partial charge is 0.310 e. The summed E-state index contributed by atoms with van der Waals surface area (Å²) in [6, 6.07) is 0. The Bertz CT molecular complexity index is 251. The van der Waals surface area contributed by atoms with E-state index in [0.717, 1.165) is 13.0 Å². The molecule has 0 aliphatic carbocycles. The molecule has 0 fully saturated rings. The maximum absolute atomic E-state index is 10.5. The quantitative estimate of drug-likeness (QED) is 0.519. The van der Waals surface area contributed by atoms with Crippen LogP contribution in [0.15, 0.2) is 4.79 Å². The highest BCUT2D eigenvalue weighted by atomic mass is 16.1. The lowest BCUT2D eigenvalue weighted by Crippen LogP contribution is -2.15. The summed E-state index contributed by atoms with van der Waals surface area (Å²) >= 11 is 0. The largest absolute Gasteiger partial charge is 0.340 e. The van der Waals surface area contributed by atoms with Crippen molar-refractivity contribution < 1.29 is 0 Å². The van der Waals surface area contributed by atoms with Gasteiger partial charge in [0.2, 0.25) is 0 Å². The number of aromatic nitrogens is 3. The van der Waals surface area contributed by atoms with Gasteiger partial charge in [-0.3, -0.25) is 4.98 Å². The lowest BCUT2D eigenvalue weighted by Gasteiger charge is -1.96. The molecule has 0 radical (unpaired) electrons. The maximum Gasteiger partial charge on any atom is 0.340 e. The summed E-state index contributed by atoms with van der Waals surface area (Å²) in [7, 11) is 0. The molecule has 0 saturated carbocycles. The first-order valence-electron chi connectivity index (χ1n) is 3.67. The van der Waals surface area contributed by atoms with Gasteiger partial charge >= 0.3 is 5.69 Å². The second-order valence-electron chi connectivity index (χ2n) is 2.30. The van der Waals surface area contributed by atoms with Gasteiger partial charge in [-0.15, -0.1) is 0 Å². The van der Waals surface area contributed by atoms with Gasteiger partial charge in [0, 0.05) is 0 Å². The maximum atomic E-state index is 10.5. The molecule has 1 aromatic rings. The van der Waals surface area contributed by atoms with Gasteiger partial charge in [-0.25, -0.2) is 9.89 Å². The van der Waals surface area contributed by atoms with E-state index in [1.807, 2.05) is 0 Å². The van der Waals surface area contributed by atoms with E-state index in [4.69, 9.17) is 0 Å². The Labute approximate surface area is 64.2 Å². The van der Waals surface area contributed by atoms with E-state index in [9.17, 15) is 4.79 Å². The summed E-state index contributed by atoms with van der Waals surface area (Å²) < 4.78 is 0. The minimum atomic E-state index is -0.252. The number of hydrogen-bond donors (Lipinski definition) is 3. The monoisotopic (exact) mass is 156 g/mol. The fourth-order valence-corrected chi connectivity index (χ4v) is 0.772. The summed E-state index contributed by atoms with van der Waals surface area (Å²) in [6.45, 7) is 3.64. The molecule has 62 valence electrons. The normalized spacial score (nSPS) is 10.3. The second kappa shape index (κ2) is 3.92. The summed E-state index contributed by atoms with van der Waals surface area (Å²) in [5.41, 5.74) is -0.252. The van der Waals surface area contributed by atoms with E-state index in [1.54, 1.807) is 0 Å². The SMILES string of the molecule is CCCNCc1n[nH]c(=O)[nH]1. The lowest BCUT2D eigenvalue weighted by atomic mass is 10.5. The highest BCUT2D eigenvalue weighted by molar-refractivity contribution is 4.78. The van der Waals surface area contributed by atoms with Crippen LogP contribution in [-0.4, -0.2) is 21.7 Å². The number of H-pyrrole nitrogens is 2. The van der Waals surface area contributed by atoms with Gasteiger partial charge in [0.15, 0.2) is 0 Å². The first kappa shape index (κ1) is 8.00. The third-order valence-electron chi connectivity index (χ3n) is 1.27. The van der Waals surface area contributed by atoms with Crippen LogP contribution >= 0.6 is 0 Å². The van der Waals surface area contributed by atoms with E-state index >= 15 is 0 Å². The Morgan fingerprint density at radius 3 is 3.00 bits per heavy atom. The molecule has 0 aliphatic heterocycles. The highest BCUT2D eigenvalue weighted by Gasteiger charge is 1.94. The third kappa shape index (κ3) is 2.55. The van der Waals surface area contributed by atoms with Crippen molar-refractivity contribution in [2.45, 2.75) is 19.9 Å². The number of hydrogen-bond acceptors (Lipinski definition) is 3. The standard InChI is InChI=1S/C6H12N4O/c1-2-3-7-4-5-8-6(11)10-9-5/h7H,2-4H2,1H3,(H2,8,9,10,11). The predicted molar refractivity (Wildman–Crippen MR) is 41.2 cm³/mol. The summed E-state index contributed by atoms with van der Waals surface area (Å²) in [4.78, 5) is 13.1. The topological polar surface area (TPSA) is 73.6 Å². The van der Waals surface area contributed by atoms with E-state index in [1.165, 1.54) is 0 Å². The Balaban J connectivity index is 2.33. The molecule has 0 spiro atoms. The van der Waals surface area contributed by atoms with E-state index in [0.29, 0.717) is 12.4 Å². The third-order valence-corrected chi connectivity index (χ3v) is 1.27. The van der Waals surface area contributed by atoms with Gasteiger partial charge in [0.1, 0.15) is 5.82 Å². The molecule has 0 bridgehead atoms. The van der Waals surface area contributed by atoms with Gasteiger partial charge in [0.05, 0.1) is 6.54 Å². The number of nitrogens with zero attached hydrogens (tertiary/aromatic N) is 1. The van der Waals surface area contributed by atoms with Crippen molar-refractivity contribution in [1.29, 1.82) is 0 Å². The molecule has 5 nitrogen and oxygen atoms in total. The molecule has 3 N–H and O–H groups in total. The van der Waals surface area contributed by atoms with Crippen LogP contribution in [0.5, 0.6) is 0 Å². The molecular formula is C6H12N4O. The molecule has 0 amide bonds. The predicted octanol–water partition coefficient (Wildman–Crippen LogP) is -0.402. The molecule has 0 aromatic carbocycles. The molecule has 5 heteroatoms. The van der Waals surface area contributed by atoms with Crippen LogP contribution < -0.4 is 11.0 Å². The minimum absolute atomic E-state index is 0.252. The van der Waals surface area contributed by atoms with Crippen LogP contribution in [-0.2, 0) is 6.54 Å². The zero-order valence-electron chi connectivity index (χ0n) is 6.48. The number of rotatable bonds is 4. The lowest BCUT2D eigenvalue weighted by molar-refractivity contribution is 0.652. The van der Waals surface area contributed by atoms with Crippen LogP contribution in [0, 0.1) is 0 Å². The molecule has 0 atom stereocenters. The van der Waals surface area contributed by atoms with Crippen molar-refractivity contribution in [3.63, 3.8) is 0 Å². The van der Waals surface area contributed by atoms with Crippen LogP contribution in [0.3, 0.4) is 0 Å². The van der Waals surface area contributed by atoms with Crippen molar-refractivity contribution >= 4 is 0 Å². The number of aromatic amines is 2. The molecule has 0 saturated heterocycles. The van der Waals surface area contributed by atoms with Gasteiger partial charge in [-0.2, -0.15) is 5.10 Å². The minimum Gasteiger partial charge on any atom is -0.310 e. The molecule has 0 aliphatic rings. The zero-order valence-corrected chi connectivity index (χ0v) is 6.48. The van der Waals surface area contributed by atoms with E-state index in [-0.39, 0.29) is 5.69 Å². The first-order valence-corrected chi connectivity index (χ1v) is 3.67. The van der Waals surface area contributed by atoms with Crippen LogP contribution in [0.1, 0.15) is 19.2 Å². The molecule has 11 heavy (non-hydrogen) atoms. The van der Waals surface area contributed by atoms with Crippen LogP contribution in [0.2, 0.25) is 0 Å². The number of nitrogens with one attached hydrogen (secondary N) is 3. The van der Waals surface area contributed by atoms with Gasteiger partial charge < -0.3 is 5.32 Å². The Hall–Kier alpha value is -1.10. The Kier molecular flexibility index (Phi) is 2.85. The van der Waals surface area contributed by atoms with E-state index < -0.39 is 0 Å². The molecule has 1 aromatic heterocycles. The van der Waals surface area contributed by atoms with Gasteiger partial charge in [0.25, 0.3) is 0 Å². The van der Waals surface area contributed by atoms with Crippen molar-refractivity contribution in [3.05, 3.63) is 16.3 Å². The van der Waals surface area contributed by atoms with Gasteiger partial charge in [-0.05, 0) is 13.0 Å². The zero-order chi connectivity index (χ0) is 8.10. The van der Waals surface area contributed by atoms with Crippen molar-refractivity contribution in [2.24, 2.45) is 0 Å². The van der Waals surface area contributed by atoms with Crippen LogP contribution in [0.25, 0.3) is 0 Å². The first-order chi connectivity index (χ1) is 5.33. The fraction of sp³-hybridized carbons (Fsp3) is 0.667.